The van der Waals surface area contributed by atoms with E-state index in [4.69, 9.17) is 11.6 Å². The molecule has 1 fully saturated rings. The topological polar surface area (TPSA) is 23.1 Å². The van der Waals surface area contributed by atoms with Crippen molar-refractivity contribution in [3.8, 4) is 5.75 Å². The number of hydrogen-bond acceptors (Lipinski definition) is 1. The molecular formula is C11H12ClNaO. The molecule has 0 amide bonds. The van der Waals surface area contributed by atoms with E-state index in [1.165, 1.54) is 0 Å². The van der Waals surface area contributed by atoms with Crippen molar-refractivity contribution in [3.63, 3.8) is 0 Å². The summed E-state index contributed by atoms with van der Waals surface area (Å²) in [4.78, 5) is 0. The molecule has 70 valence electrons. The predicted octanol–water partition coefficient (Wildman–Crippen LogP) is -0.361. The van der Waals surface area contributed by atoms with Crippen LogP contribution in [0.5, 0.6) is 5.75 Å². The summed E-state index contributed by atoms with van der Waals surface area (Å²) in [6, 6.07) is 7.29. The molecule has 1 aliphatic rings. The van der Waals surface area contributed by atoms with Gasteiger partial charge in [0, 0.05) is 5.38 Å². The Morgan fingerprint density at radius 2 is 1.93 bits per heavy atom. The van der Waals surface area contributed by atoms with Gasteiger partial charge >= 0.3 is 29.6 Å². The summed E-state index contributed by atoms with van der Waals surface area (Å²) in [7, 11) is 0. The Bertz CT molecular complexity index is 303. The molecular weight excluding hydrogens is 207 g/mol. The van der Waals surface area contributed by atoms with E-state index in [-0.39, 0.29) is 40.7 Å². The molecule has 3 heteroatoms. The van der Waals surface area contributed by atoms with Gasteiger partial charge in [-0.2, -0.15) is 0 Å². The molecule has 0 aliphatic heterocycles. The van der Waals surface area contributed by atoms with Gasteiger partial charge in [-0.15, -0.1) is 17.4 Å². The van der Waals surface area contributed by atoms with Gasteiger partial charge in [-0.25, -0.2) is 0 Å². The Morgan fingerprint density at radius 1 is 1.21 bits per heavy atom. The quantitative estimate of drug-likeness (QED) is 0.467. The number of hydrogen-bond donors (Lipinski definition) is 0. The molecule has 2 unspecified atom stereocenters. The van der Waals surface area contributed by atoms with Crippen LogP contribution >= 0.6 is 11.6 Å². The number of rotatable bonds is 1. The van der Waals surface area contributed by atoms with Gasteiger partial charge in [0.1, 0.15) is 0 Å². The first kappa shape index (κ1) is 12.4. The van der Waals surface area contributed by atoms with E-state index in [0.717, 1.165) is 24.8 Å². The molecule has 1 aromatic carbocycles. The van der Waals surface area contributed by atoms with Crippen LogP contribution in [-0.4, -0.2) is 5.38 Å². The molecule has 0 radical (unpaired) electrons. The summed E-state index contributed by atoms with van der Waals surface area (Å²) in [5, 5.41) is 11.7. The predicted molar refractivity (Wildman–Crippen MR) is 52.1 cm³/mol. The molecule has 0 saturated heterocycles. The van der Waals surface area contributed by atoms with Crippen LogP contribution in [0, 0.1) is 0 Å². The molecule has 2 rings (SSSR count). The molecule has 0 bridgehead atoms. The zero-order chi connectivity index (χ0) is 9.26. The maximum absolute atomic E-state index is 11.5. The third kappa shape index (κ3) is 2.66. The second-order valence-electron chi connectivity index (χ2n) is 3.65. The minimum atomic E-state index is 0. The van der Waals surface area contributed by atoms with Crippen molar-refractivity contribution < 1.29 is 34.7 Å². The first-order chi connectivity index (χ1) is 6.27. The van der Waals surface area contributed by atoms with Crippen molar-refractivity contribution >= 4 is 11.6 Å². The summed E-state index contributed by atoms with van der Waals surface area (Å²) >= 11 is 6.01. The van der Waals surface area contributed by atoms with Gasteiger partial charge in [0.05, 0.1) is 0 Å². The minimum Gasteiger partial charge on any atom is -0.872 e. The van der Waals surface area contributed by atoms with Crippen LogP contribution in [0.25, 0.3) is 0 Å². The van der Waals surface area contributed by atoms with Crippen LogP contribution in [0.4, 0.5) is 0 Å². The van der Waals surface area contributed by atoms with Gasteiger partial charge in [0.2, 0.25) is 0 Å². The second-order valence-corrected chi connectivity index (χ2v) is 4.26. The summed E-state index contributed by atoms with van der Waals surface area (Å²) < 4.78 is 0. The third-order valence-electron chi connectivity index (χ3n) is 2.73. The molecule has 14 heavy (non-hydrogen) atoms. The van der Waals surface area contributed by atoms with Crippen LogP contribution in [0.15, 0.2) is 24.3 Å². The molecule has 1 nitrogen and oxygen atoms in total. The molecule has 0 N–H and O–H groups in total. The third-order valence-corrected chi connectivity index (χ3v) is 3.12. The number of halogens is 1. The number of para-hydroxylation sites is 1. The first-order valence-electron chi connectivity index (χ1n) is 4.67. The van der Waals surface area contributed by atoms with Crippen LogP contribution in [0.3, 0.4) is 0 Å². The molecule has 0 spiro atoms. The summed E-state index contributed by atoms with van der Waals surface area (Å²) in [5.41, 5.74) is 0.950. The Labute approximate surface area is 112 Å². The first-order valence-corrected chi connectivity index (χ1v) is 5.11. The minimum absolute atomic E-state index is 0. The van der Waals surface area contributed by atoms with Gasteiger partial charge in [0.15, 0.2) is 0 Å². The van der Waals surface area contributed by atoms with Crippen molar-refractivity contribution in [2.45, 2.75) is 30.6 Å². The van der Waals surface area contributed by atoms with E-state index in [9.17, 15) is 5.11 Å². The second kappa shape index (κ2) is 5.41. The van der Waals surface area contributed by atoms with E-state index in [0.29, 0.717) is 5.92 Å². The van der Waals surface area contributed by atoms with E-state index in [1.807, 2.05) is 12.1 Å². The average molecular weight is 219 g/mol. The molecule has 0 aromatic heterocycles. The van der Waals surface area contributed by atoms with Crippen LogP contribution in [0.2, 0.25) is 0 Å². The maximum atomic E-state index is 11.5. The van der Waals surface area contributed by atoms with Crippen LogP contribution in [0.1, 0.15) is 30.7 Å². The monoisotopic (exact) mass is 218 g/mol. The molecule has 1 aromatic rings. The van der Waals surface area contributed by atoms with E-state index < -0.39 is 0 Å². The van der Waals surface area contributed by atoms with Gasteiger partial charge in [-0.3, -0.25) is 0 Å². The van der Waals surface area contributed by atoms with Gasteiger partial charge < -0.3 is 5.11 Å². The summed E-state index contributed by atoms with van der Waals surface area (Å²) in [5.74, 6) is 0.564. The van der Waals surface area contributed by atoms with E-state index in [2.05, 4.69) is 0 Å². The smallest absolute Gasteiger partial charge is 0.872 e. The Morgan fingerprint density at radius 3 is 2.50 bits per heavy atom. The van der Waals surface area contributed by atoms with Gasteiger partial charge in [-0.05, 0) is 25.2 Å². The Hall–Kier alpha value is 0.310. The SMILES string of the molecule is [Na+].[O-]c1ccccc1C1CCC(Cl)C1. The number of benzene rings is 1. The molecule has 1 saturated carbocycles. The zero-order valence-corrected chi connectivity index (χ0v) is 11.1. The van der Waals surface area contributed by atoms with Crippen LogP contribution in [-0.2, 0) is 0 Å². The van der Waals surface area contributed by atoms with Crippen molar-refractivity contribution in [2.75, 3.05) is 0 Å². The van der Waals surface area contributed by atoms with Crippen molar-refractivity contribution in [3.05, 3.63) is 29.8 Å². The van der Waals surface area contributed by atoms with Crippen molar-refractivity contribution in [1.29, 1.82) is 0 Å². The summed E-state index contributed by atoms with van der Waals surface area (Å²) in [6.07, 6.45) is 3.06. The van der Waals surface area contributed by atoms with Gasteiger partial charge in [-0.1, -0.05) is 29.8 Å². The fourth-order valence-corrected chi connectivity index (χ4v) is 2.37. The standard InChI is InChI=1S/C11H13ClO.Na/c12-9-6-5-8(7-9)10-3-1-2-4-11(10)13;/h1-4,8-9,13H,5-7H2;/q;+1/p-1. The van der Waals surface area contributed by atoms with E-state index in [1.54, 1.807) is 12.1 Å². The van der Waals surface area contributed by atoms with Crippen molar-refractivity contribution in [2.24, 2.45) is 0 Å². The van der Waals surface area contributed by atoms with Gasteiger partial charge in [0.25, 0.3) is 0 Å². The van der Waals surface area contributed by atoms with E-state index >= 15 is 0 Å². The molecule has 2 atom stereocenters. The van der Waals surface area contributed by atoms with Crippen molar-refractivity contribution in [1.82, 2.24) is 0 Å². The Kier molecular flexibility index (Phi) is 4.78. The normalized spacial score (nSPS) is 25.8. The number of alkyl halides is 1. The Balaban J connectivity index is 0.000000980. The fourth-order valence-electron chi connectivity index (χ4n) is 2.03. The average Bonchev–Trinajstić information content (AvgIpc) is 2.53. The fraction of sp³-hybridized carbons (Fsp3) is 0.455. The summed E-state index contributed by atoms with van der Waals surface area (Å²) in [6.45, 7) is 0. The zero-order valence-electron chi connectivity index (χ0n) is 8.37. The largest absolute Gasteiger partial charge is 1.00 e. The van der Waals surface area contributed by atoms with Crippen LogP contribution < -0.4 is 34.7 Å². The maximum Gasteiger partial charge on any atom is 1.00 e. The molecule has 0 heterocycles. The molecule has 1 aliphatic carbocycles.